The van der Waals surface area contributed by atoms with Gasteiger partial charge in [-0.15, -0.1) is 23.7 Å². The van der Waals surface area contributed by atoms with Crippen molar-refractivity contribution >= 4 is 23.7 Å². The molecular formula is C18H28ClN3OS. The van der Waals surface area contributed by atoms with E-state index in [0.717, 1.165) is 47.3 Å². The Kier molecular flexibility index (Phi) is 9.29. The molecule has 2 aromatic rings. The van der Waals surface area contributed by atoms with Gasteiger partial charge in [0.25, 0.3) is 0 Å². The van der Waals surface area contributed by atoms with Crippen LogP contribution < -0.4 is 10.5 Å². The summed E-state index contributed by atoms with van der Waals surface area (Å²) in [5.41, 5.74) is 6.75. The maximum atomic E-state index is 6.01. The molecule has 1 heterocycles. The van der Waals surface area contributed by atoms with Crippen LogP contribution in [0.1, 0.15) is 32.1 Å². The second-order valence-corrected chi connectivity index (χ2v) is 6.72. The molecular weight excluding hydrogens is 342 g/mol. The van der Waals surface area contributed by atoms with E-state index in [4.69, 9.17) is 10.5 Å². The molecule has 1 aromatic carbocycles. The lowest BCUT2D eigenvalue weighted by Crippen LogP contribution is -2.27. The zero-order valence-corrected chi connectivity index (χ0v) is 16.3. The first-order chi connectivity index (χ1) is 11.2. The first-order valence-electron chi connectivity index (χ1n) is 8.30. The fourth-order valence-electron chi connectivity index (χ4n) is 2.41. The lowest BCUT2D eigenvalue weighted by molar-refractivity contribution is 0.181. The van der Waals surface area contributed by atoms with Crippen LogP contribution in [0.2, 0.25) is 0 Å². The van der Waals surface area contributed by atoms with E-state index in [2.05, 4.69) is 42.8 Å². The van der Waals surface area contributed by atoms with E-state index < -0.39 is 0 Å². The fourth-order valence-corrected chi connectivity index (χ4v) is 3.20. The highest BCUT2D eigenvalue weighted by atomic mass is 35.5. The number of nitrogens with zero attached hydrogens (tertiary/aromatic N) is 2. The largest absolute Gasteiger partial charge is 0.491 e. The summed E-state index contributed by atoms with van der Waals surface area (Å²) in [6, 6.07) is 8.16. The van der Waals surface area contributed by atoms with Gasteiger partial charge in [-0.3, -0.25) is 0 Å². The lowest BCUT2D eigenvalue weighted by atomic mass is 10.2. The number of aromatic nitrogens is 1. The smallest absolute Gasteiger partial charge is 0.123 e. The van der Waals surface area contributed by atoms with Crippen molar-refractivity contribution in [1.82, 2.24) is 9.88 Å². The average Bonchev–Trinajstić information content (AvgIpc) is 3.05. The van der Waals surface area contributed by atoms with Crippen molar-refractivity contribution < 1.29 is 4.74 Å². The van der Waals surface area contributed by atoms with Gasteiger partial charge in [0.1, 0.15) is 10.8 Å². The van der Waals surface area contributed by atoms with Gasteiger partial charge in [-0.1, -0.05) is 13.8 Å². The fraction of sp³-hybridized carbons (Fsp3) is 0.500. The third-order valence-electron chi connectivity index (χ3n) is 3.94. The Morgan fingerprint density at radius 3 is 2.42 bits per heavy atom. The number of benzene rings is 1. The Bertz CT molecular complexity index is 584. The summed E-state index contributed by atoms with van der Waals surface area (Å²) in [7, 11) is 0. The van der Waals surface area contributed by atoms with Crippen molar-refractivity contribution in [3.05, 3.63) is 35.3 Å². The molecule has 24 heavy (non-hydrogen) atoms. The number of halogens is 1. The van der Waals surface area contributed by atoms with Crippen molar-refractivity contribution in [2.75, 3.05) is 19.6 Å². The van der Waals surface area contributed by atoms with Gasteiger partial charge < -0.3 is 15.4 Å². The van der Waals surface area contributed by atoms with Crippen molar-refractivity contribution in [2.24, 2.45) is 5.73 Å². The third-order valence-corrected chi connectivity index (χ3v) is 5.01. The molecule has 0 saturated heterocycles. The van der Waals surface area contributed by atoms with Gasteiger partial charge in [-0.2, -0.15) is 0 Å². The molecule has 1 atom stereocenters. The lowest BCUT2D eigenvalue weighted by Gasteiger charge is -2.21. The monoisotopic (exact) mass is 369 g/mol. The minimum Gasteiger partial charge on any atom is -0.491 e. The first kappa shape index (κ1) is 20.9. The van der Waals surface area contributed by atoms with Gasteiger partial charge in [0.05, 0.1) is 6.10 Å². The predicted octanol–water partition coefficient (Wildman–Crippen LogP) is 4.19. The molecule has 0 spiro atoms. The maximum absolute atomic E-state index is 6.01. The minimum atomic E-state index is 0. The Balaban J connectivity index is 0.00000288. The average molecular weight is 370 g/mol. The van der Waals surface area contributed by atoms with E-state index in [1.54, 1.807) is 11.3 Å². The van der Waals surface area contributed by atoms with Crippen molar-refractivity contribution in [3.63, 3.8) is 0 Å². The summed E-state index contributed by atoms with van der Waals surface area (Å²) in [5.74, 6) is 0.913. The van der Waals surface area contributed by atoms with Crippen LogP contribution in [0.15, 0.2) is 30.5 Å². The van der Waals surface area contributed by atoms with Crippen LogP contribution in [-0.4, -0.2) is 35.6 Å². The summed E-state index contributed by atoms with van der Waals surface area (Å²) in [6.07, 6.45) is 3.10. The number of ether oxygens (including phenoxy) is 1. The highest BCUT2D eigenvalue weighted by Gasteiger charge is 2.08. The Morgan fingerprint density at radius 1 is 1.21 bits per heavy atom. The highest BCUT2D eigenvalue weighted by molar-refractivity contribution is 7.15. The first-order valence-corrected chi connectivity index (χ1v) is 9.12. The Morgan fingerprint density at radius 2 is 1.88 bits per heavy atom. The second-order valence-electron chi connectivity index (χ2n) is 5.60. The third kappa shape index (κ3) is 6.06. The van der Waals surface area contributed by atoms with Crippen LogP contribution in [0.3, 0.4) is 0 Å². The molecule has 0 aliphatic rings. The molecule has 134 valence electrons. The summed E-state index contributed by atoms with van der Waals surface area (Å²) < 4.78 is 6.01. The van der Waals surface area contributed by atoms with Crippen molar-refractivity contribution in [3.8, 4) is 16.3 Å². The quantitative estimate of drug-likeness (QED) is 0.720. The number of hydrogen-bond donors (Lipinski definition) is 1. The maximum Gasteiger partial charge on any atom is 0.123 e. The molecule has 0 saturated carbocycles. The molecule has 1 unspecified atom stereocenters. The number of thiazole rings is 1. The van der Waals surface area contributed by atoms with E-state index in [1.807, 2.05) is 18.3 Å². The van der Waals surface area contributed by atoms with E-state index in [1.165, 1.54) is 0 Å². The number of nitrogens with two attached hydrogens (primary N) is 1. The molecule has 0 bridgehead atoms. The summed E-state index contributed by atoms with van der Waals surface area (Å²) in [4.78, 5) is 7.93. The zero-order valence-electron chi connectivity index (χ0n) is 14.7. The van der Waals surface area contributed by atoms with Crippen LogP contribution in [0.5, 0.6) is 5.75 Å². The topological polar surface area (TPSA) is 51.4 Å². The summed E-state index contributed by atoms with van der Waals surface area (Å²) in [6.45, 7) is 10.3. The Hall–Kier alpha value is -1.14. The highest BCUT2D eigenvalue weighted by Crippen LogP contribution is 2.27. The molecule has 0 fully saturated rings. The van der Waals surface area contributed by atoms with Gasteiger partial charge in [0.2, 0.25) is 0 Å². The van der Waals surface area contributed by atoms with Crippen LogP contribution in [0, 0.1) is 0 Å². The molecule has 6 heteroatoms. The van der Waals surface area contributed by atoms with E-state index in [0.29, 0.717) is 6.54 Å². The molecule has 0 amide bonds. The van der Waals surface area contributed by atoms with Gasteiger partial charge in [0.15, 0.2) is 0 Å². The van der Waals surface area contributed by atoms with Gasteiger partial charge in [0, 0.05) is 29.7 Å². The molecule has 0 radical (unpaired) electrons. The molecule has 4 nitrogen and oxygen atoms in total. The van der Waals surface area contributed by atoms with Crippen molar-refractivity contribution in [2.45, 2.75) is 39.8 Å². The van der Waals surface area contributed by atoms with Gasteiger partial charge >= 0.3 is 0 Å². The number of rotatable bonds is 9. The van der Waals surface area contributed by atoms with E-state index >= 15 is 0 Å². The molecule has 2 N–H and O–H groups in total. The summed E-state index contributed by atoms with van der Waals surface area (Å²) in [5, 5.41) is 1.01. The predicted molar refractivity (Wildman–Crippen MR) is 105 cm³/mol. The van der Waals surface area contributed by atoms with E-state index in [9.17, 15) is 0 Å². The molecule has 0 aliphatic heterocycles. The summed E-state index contributed by atoms with van der Waals surface area (Å²) >= 11 is 1.64. The van der Waals surface area contributed by atoms with Crippen LogP contribution >= 0.6 is 23.7 Å². The van der Waals surface area contributed by atoms with E-state index in [-0.39, 0.29) is 18.5 Å². The number of hydrogen-bond acceptors (Lipinski definition) is 5. The van der Waals surface area contributed by atoms with Crippen LogP contribution in [0.25, 0.3) is 10.6 Å². The van der Waals surface area contributed by atoms with Crippen LogP contribution in [0.4, 0.5) is 0 Å². The van der Waals surface area contributed by atoms with Crippen molar-refractivity contribution in [1.29, 1.82) is 0 Å². The Labute approximate surface area is 155 Å². The zero-order chi connectivity index (χ0) is 16.7. The van der Waals surface area contributed by atoms with Gasteiger partial charge in [-0.05, 0) is 50.7 Å². The van der Waals surface area contributed by atoms with Gasteiger partial charge in [-0.25, -0.2) is 4.98 Å². The second kappa shape index (κ2) is 10.7. The molecule has 1 aromatic heterocycles. The molecule has 0 aliphatic carbocycles. The van der Waals surface area contributed by atoms with Crippen LogP contribution in [-0.2, 0) is 6.54 Å². The SMILES string of the molecule is CCN(CC)CCC(C)Oc1ccc(-c2ncc(CN)s2)cc1.Cl. The standard InChI is InChI=1S/C18H27N3OS.ClH/c1-4-21(5-2)11-10-14(3)22-16-8-6-15(7-9-16)18-20-13-17(12-19)23-18;/h6-9,13-14H,4-5,10-12,19H2,1-3H3;1H. The molecule has 2 rings (SSSR count). The normalized spacial score (nSPS) is 12.0. The minimum absolute atomic E-state index is 0.